The molecule has 1 aromatic carbocycles. The molecular weight excluding hydrogens is 350 g/mol. The fraction of sp³-hybridized carbons (Fsp3) is 0.600. The van der Waals surface area contributed by atoms with Crippen molar-refractivity contribution in [2.45, 2.75) is 32.6 Å². The van der Waals surface area contributed by atoms with Crippen molar-refractivity contribution in [3.8, 4) is 0 Å². The van der Waals surface area contributed by atoms with Crippen LogP contribution in [0.15, 0.2) is 24.3 Å². The molecule has 0 bridgehead atoms. The lowest BCUT2D eigenvalue weighted by Gasteiger charge is -2.21. The molecule has 2 amide bonds. The molecule has 2 saturated heterocycles. The number of rotatable bonds is 5. The molecule has 6 heteroatoms. The van der Waals surface area contributed by atoms with Gasteiger partial charge in [0.2, 0.25) is 11.8 Å². The molecule has 0 aromatic heterocycles. The van der Waals surface area contributed by atoms with Gasteiger partial charge in [0.15, 0.2) is 0 Å². The molecule has 3 rings (SSSR count). The Labute approximate surface area is 162 Å². The summed E-state index contributed by atoms with van der Waals surface area (Å²) in [5, 5.41) is 6.24. The van der Waals surface area contributed by atoms with E-state index in [0.717, 1.165) is 44.6 Å². The number of hydrogen-bond acceptors (Lipinski definition) is 3. The smallest absolute Gasteiger partial charge is 0.241 e. The van der Waals surface area contributed by atoms with Gasteiger partial charge in [0.1, 0.15) is 0 Å². The Morgan fingerprint density at radius 2 is 1.73 bits per heavy atom. The van der Waals surface area contributed by atoms with Crippen molar-refractivity contribution in [1.29, 1.82) is 0 Å². The van der Waals surface area contributed by atoms with Crippen molar-refractivity contribution < 1.29 is 9.59 Å². The van der Waals surface area contributed by atoms with Crippen LogP contribution in [0.25, 0.3) is 0 Å². The molecule has 5 nitrogen and oxygen atoms in total. The van der Waals surface area contributed by atoms with E-state index in [4.69, 9.17) is 0 Å². The second kappa shape index (κ2) is 9.93. The third-order valence-electron chi connectivity index (χ3n) is 5.57. The van der Waals surface area contributed by atoms with Crippen molar-refractivity contribution in [3.63, 3.8) is 0 Å². The van der Waals surface area contributed by atoms with Gasteiger partial charge in [-0.2, -0.15) is 0 Å². The van der Waals surface area contributed by atoms with Crippen LogP contribution in [0.3, 0.4) is 0 Å². The maximum Gasteiger partial charge on any atom is 0.241 e. The van der Waals surface area contributed by atoms with E-state index in [0.29, 0.717) is 24.7 Å². The standard InChI is InChI=1S/C20H29N3O2.ClH/c1-15-2-4-16(5-3-15)6-7-19(24)22-14-20(25)23-10-8-17-12-21-13-18(17)9-11-23;/h2-5,17-18,21H,6-14H2,1H3,(H,22,24);1H/t17-,18+;. The van der Waals surface area contributed by atoms with Gasteiger partial charge < -0.3 is 15.5 Å². The van der Waals surface area contributed by atoms with Crippen LogP contribution in [0.5, 0.6) is 0 Å². The van der Waals surface area contributed by atoms with E-state index in [2.05, 4.69) is 41.8 Å². The van der Waals surface area contributed by atoms with E-state index < -0.39 is 0 Å². The van der Waals surface area contributed by atoms with Gasteiger partial charge in [-0.25, -0.2) is 0 Å². The van der Waals surface area contributed by atoms with Gasteiger partial charge in [-0.15, -0.1) is 12.4 Å². The molecule has 2 aliphatic heterocycles. The van der Waals surface area contributed by atoms with Gasteiger partial charge in [0, 0.05) is 19.5 Å². The van der Waals surface area contributed by atoms with Gasteiger partial charge >= 0.3 is 0 Å². The first-order chi connectivity index (χ1) is 12.1. The first-order valence-electron chi connectivity index (χ1n) is 9.42. The SMILES string of the molecule is Cc1ccc(CCC(=O)NCC(=O)N2CC[C@@H]3CNC[C@@H]3CC2)cc1.Cl. The van der Waals surface area contributed by atoms with Gasteiger partial charge in [0.05, 0.1) is 6.54 Å². The largest absolute Gasteiger partial charge is 0.347 e. The minimum absolute atomic E-state index is 0. The Bertz CT molecular complexity index is 592. The zero-order chi connectivity index (χ0) is 17.6. The number of benzene rings is 1. The zero-order valence-corrected chi connectivity index (χ0v) is 16.3. The average Bonchev–Trinajstić information content (AvgIpc) is 2.97. The highest BCUT2D eigenvalue weighted by atomic mass is 35.5. The highest BCUT2D eigenvalue weighted by Crippen LogP contribution is 2.26. The Morgan fingerprint density at radius 3 is 2.35 bits per heavy atom. The van der Waals surface area contributed by atoms with Gasteiger partial charge in [-0.1, -0.05) is 29.8 Å². The first kappa shape index (κ1) is 20.7. The molecular formula is C20H30ClN3O2. The highest BCUT2D eigenvalue weighted by Gasteiger charge is 2.31. The quantitative estimate of drug-likeness (QED) is 0.821. The molecule has 2 atom stereocenters. The average molecular weight is 380 g/mol. The van der Waals surface area contributed by atoms with Crippen LogP contribution < -0.4 is 10.6 Å². The number of fused-ring (bicyclic) bond motifs is 1. The van der Waals surface area contributed by atoms with Crippen LogP contribution in [0.4, 0.5) is 0 Å². The summed E-state index contributed by atoms with van der Waals surface area (Å²) in [5.74, 6) is 1.42. The van der Waals surface area contributed by atoms with E-state index in [9.17, 15) is 9.59 Å². The third kappa shape index (κ3) is 5.71. The molecule has 144 valence electrons. The number of carbonyl (C=O) groups excluding carboxylic acids is 2. The number of nitrogens with one attached hydrogen (secondary N) is 2. The molecule has 0 aliphatic carbocycles. The lowest BCUT2D eigenvalue weighted by molar-refractivity contribution is -0.132. The molecule has 0 saturated carbocycles. The van der Waals surface area contributed by atoms with Crippen molar-refractivity contribution in [2.24, 2.45) is 11.8 Å². The second-order valence-electron chi connectivity index (χ2n) is 7.40. The van der Waals surface area contributed by atoms with Crippen molar-refractivity contribution >= 4 is 24.2 Å². The topological polar surface area (TPSA) is 61.4 Å². The zero-order valence-electron chi connectivity index (χ0n) is 15.5. The Morgan fingerprint density at radius 1 is 1.12 bits per heavy atom. The number of amides is 2. The minimum atomic E-state index is -0.0511. The Kier molecular flexibility index (Phi) is 7.91. The lowest BCUT2D eigenvalue weighted by Crippen LogP contribution is -2.41. The molecule has 2 aliphatic rings. The summed E-state index contributed by atoms with van der Waals surface area (Å²) in [6.07, 6.45) is 3.28. The van der Waals surface area contributed by atoms with E-state index in [1.54, 1.807) is 0 Å². The Hall–Kier alpha value is -1.59. The summed E-state index contributed by atoms with van der Waals surface area (Å²) >= 11 is 0. The fourth-order valence-electron chi connectivity index (χ4n) is 3.85. The second-order valence-corrected chi connectivity index (χ2v) is 7.40. The Balaban J connectivity index is 0.00000243. The van der Waals surface area contributed by atoms with Crippen molar-refractivity contribution in [2.75, 3.05) is 32.7 Å². The van der Waals surface area contributed by atoms with Crippen molar-refractivity contribution in [1.82, 2.24) is 15.5 Å². The third-order valence-corrected chi connectivity index (χ3v) is 5.57. The predicted molar refractivity (Wildman–Crippen MR) is 105 cm³/mol. The van der Waals surface area contributed by atoms with Gasteiger partial charge in [-0.3, -0.25) is 9.59 Å². The molecule has 0 spiro atoms. The number of likely N-dealkylation sites (tertiary alicyclic amines) is 1. The summed E-state index contributed by atoms with van der Waals surface area (Å²) in [4.78, 5) is 26.3. The van der Waals surface area contributed by atoms with Gasteiger partial charge in [0.25, 0.3) is 0 Å². The number of hydrogen-bond donors (Lipinski definition) is 2. The number of halogens is 1. The molecule has 26 heavy (non-hydrogen) atoms. The monoisotopic (exact) mass is 379 g/mol. The number of aryl methyl sites for hydroxylation is 2. The summed E-state index contributed by atoms with van der Waals surface area (Å²) in [5.41, 5.74) is 2.37. The van der Waals surface area contributed by atoms with E-state index in [1.165, 1.54) is 5.56 Å². The molecule has 2 N–H and O–H groups in total. The minimum Gasteiger partial charge on any atom is -0.347 e. The summed E-state index contributed by atoms with van der Waals surface area (Å²) < 4.78 is 0. The van der Waals surface area contributed by atoms with Crippen LogP contribution in [-0.4, -0.2) is 49.4 Å². The molecule has 2 heterocycles. The van der Waals surface area contributed by atoms with Gasteiger partial charge in [-0.05, 0) is 56.7 Å². The van der Waals surface area contributed by atoms with E-state index in [1.807, 2.05) is 4.90 Å². The maximum atomic E-state index is 12.4. The van der Waals surface area contributed by atoms with Crippen molar-refractivity contribution in [3.05, 3.63) is 35.4 Å². The van der Waals surface area contributed by atoms with Crippen LogP contribution in [0.2, 0.25) is 0 Å². The molecule has 0 unspecified atom stereocenters. The molecule has 1 aromatic rings. The maximum absolute atomic E-state index is 12.4. The normalized spacial score (nSPS) is 22.1. The van der Waals surface area contributed by atoms with Crippen LogP contribution in [0.1, 0.15) is 30.4 Å². The fourth-order valence-corrected chi connectivity index (χ4v) is 3.85. The van der Waals surface area contributed by atoms with E-state index >= 15 is 0 Å². The highest BCUT2D eigenvalue weighted by molar-refractivity contribution is 5.85. The molecule has 0 radical (unpaired) electrons. The predicted octanol–water partition coefficient (Wildman–Crippen LogP) is 1.92. The van der Waals surface area contributed by atoms with Crippen LogP contribution in [0, 0.1) is 18.8 Å². The first-order valence-corrected chi connectivity index (χ1v) is 9.42. The summed E-state index contributed by atoms with van der Waals surface area (Å²) in [6.45, 7) is 5.99. The summed E-state index contributed by atoms with van der Waals surface area (Å²) in [6, 6.07) is 8.22. The summed E-state index contributed by atoms with van der Waals surface area (Å²) in [7, 11) is 0. The molecule has 2 fully saturated rings. The van der Waals surface area contributed by atoms with Crippen LogP contribution in [-0.2, 0) is 16.0 Å². The van der Waals surface area contributed by atoms with Crippen LogP contribution >= 0.6 is 12.4 Å². The number of nitrogens with zero attached hydrogens (tertiary/aromatic N) is 1. The lowest BCUT2D eigenvalue weighted by atomic mass is 9.92. The number of carbonyl (C=O) groups is 2. The van der Waals surface area contributed by atoms with E-state index in [-0.39, 0.29) is 30.8 Å².